The average Bonchev–Trinajstić information content (AvgIpc) is 2.39. The van der Waals surface area contributed by atoms with Crippen molar-refractivity contribution in [3.05, 3.63) is 41.7 Å². The Bertz CT molecular complexity index is 532. The third-order valence-corrected chi connectivity index (χ3v) is 3.28. The summed E-state index contributed by atoms with van der Waals surface area (Å²) in [7, 11) is 0. The molecule has 17 heavy (non-hydrogen) atoms. The Morgan fingerprint density at radius 1 is 0.941 bits per heavy atom. The van der Waals surface area contributed by atoms with Gasteiger partial charge in [-0.2, -0.15) is 0 Å². The van der Waals surface area contributed by atoms with Gasteiger partial charge in [-0.05, 0) is 42.9 Å². The van der Waals surface area contributed by atoms with Crippen LogP contribution in [0, 0.1) is 0 Å². The fourth-order valence-electron chi connectivity index (χ4n) is 2.36. The van der Waals surface area contributed by atoms with Crippen LogP contribution >= 0.6 is 0 Å². The Kier molecular flexibility index (Phi) is 2.52. The van der Waals surface area contributed by atoms with Gasteiger partial charge < -0.3 is 5.73 Å². The number of hydrogen-bond acceptors (Lipinski definition) is 3. The van der Waals surface area contributed by atoms with Crippen LogP contribution in [0.5, 0.6) is 0 Å². The van der Waals surface area contributed by atoms with Gasteiger partial charge in [0.25, 0.3) is 0 Å². The van der Waals surface area contributed by atoms with Crippen LogP contribution in [0.1, 0.15) is 24.0 Å². The molecule has 0 amide bonds. The highest BCUT2D eigenvalue weighted by Gasteiger charge is 2.10. The number of nitrogens with two attached hydrogens (primary N) is 1. The lowest BCUT2D eigenvalue weighted by molar-refractivity contribution is 0.686. The molecule has 1 aromatic carbocycles. The fraction of sp³-hybridized carbons (Fsp3) is 0.286. The summed E-state index contributed by atoms with van der Waals surface area (Å²) < 4.78 is 0. The Hall–Kier alpha value is -1.90. The number of nitrogens with zero attached hydrogens (tertiary/aromatic N) is 2. The van der Waals surface area contributed by atoms with E-state index in [0.717, 1.165) is 11.4 Å². The summed E-state index contributed by atoms with van der Waals surface area (Å²) in [6, 6.07) is 6.54. The van der Waals surface area contributed by atoms with E-state index < -0.39 is 0 Å². The Morgan fingerprint density at radius 2 is 1.65 bits per heavy atom. The Morgan fingerprint density at radius 3 is 2.41 bits per heavy atom. The Balaban J connectivity index is 2.01. The third-order valence-electron chi connectivity index (χ3n) is 3.28. The summed E-state index contributed by atoms with van der Waals surface area (Å²) in [4.78, 5) is 8.52. The summed E-state index contributed by atoms with van der Waals surface area (Å²) in [5, 5.41) is 0. The lowest BCUT2D eigenvalue weighted by Crippen LogP contribution is -2.02. The summed E-state index contributed by atoms with van der Waals surface area (Å²) >= 11 is 0. The molecule has 86 valence electrons. The first-order valence-corrected chi connectivity index (χ1v) is 6.02. The zero-order chi connectivity index (χ0) is 11.7. The van der Waals surface area contributed by atoms with Gasteiger partial charge in [0.05, 0.1) is 18.1 Å². The molecule has 0 saturated carbocycles. The van der Waals surface area contributed by atoms with E-state index in [0.29, 0.717) is 5.69 Å². The summed E-state index contributed by atoms with van der Waals surface area (Å²) in [5.74, 6) is 0.757. The molecule has 3 heteroatoms. The van der Waals surface area contributed by atoms with Crippen molar-refractivity contribution in [2.45, 2.75) is 25.7 Å². The summed E-state index contributed by atoms with van der Waals surface area (Å²) in [6.45, 7) is 0. The lowest BCUT2D eigenvalue weighted by Gasteiger charge is -2.16. The topological polar surface area (TPSA) is 51.8 Å². The zero-order valence-corrected chi connectivity index (χ0v) is 9.69. The lowest BCUT2D eigenvalue weighted by atomic mass is 9.90. The largest absolute Gasteiger partial charge is 0.396 e. The van der Waals surface area contributed by atoms with Crippen molar-refractivity contribution < 1.29 is 0 Å². The quantitative estimate of drug-likeness (QED) is 0.811. The molecule has 3 nitrogen and oxygen atoms in total. The normalized spacial score (nSPS) is 14.4. The Labute approximate surface area is 101 Å². The van der Waals surface area contributed by atoms with Crippen LogP contribution in [-0.2, 0) is 12.8 Å². The molecule has 2 aromatic rings. The molecular formula is C14H15N3. The fourth-order valence-corrected chi connectivity index (χ4v) is 2.36. The van der Waals surface area contributed by atoms with Gasteiger partial charge in [0.15, 0.2) is 5.82 Å². The highest BCUT2D eigenvalue weighted by molar-refractivity contribution is 5.58. The van der Waals surface area contributed by atoms with Crippen LogP contribution in [0.25, 0.3) is 11.4 Å². The number of aromatic nitrogens is 2. The minimum atomic E-state index is 0.603. The predicted molar refractivity (Wildman–Crippen MR) is 68.5 cm³/mol. The molecular weight excluding hydrogens is 210 g/mol. The summed E-state index contributed by atoms with van der Waals surface area (Å²) in [6.07, 6.45) is 8.30. The summed E-state index contributed by atoms with van der Waals surface area (Å²) in [5.41, 5.74) is 10.2. The van der Waals surface area contributed by atoms with Crippen LogP contribution in [-0.4, -0.2) is 9.97 Å². The molecule has 1 aliphatic carbocycles. The van der Waals surface area contributed by atoms with Gasteiger partial charge in [0.1, 0.15) is 0 Å². The SMILES string of the molecule is Nc1cnc(-c2ccc3c(c2)CCCC3)nc1. The van der Waals surface area contributed by atoms with E-state index in [1.165, 1.54) is 36.8 Å². The van der Waals surface area contributed by atoms with Crippen LogP contribution in [0.2, 0.25) is 0 Å². The zero-order valence-electron chi connectivity index (χ0n) is 9.69. The van der Waals surface area contributed by atoms with Crippen molar-refractivity contribution in [2.75, 3.05) is 5.73 Å². The van der Waals surface area contributed by atoms with Gasteiger partial charge in [0, 0.05) is 5.56 Å². The molecule has 0 spiro atoms. The monoisotopic (exact) mass is 225 g/mol. The maximum atomic E-state index is 5.59. The van der Waals surface area contributed by atoms with Gasteiger partial charge in [0.2, 0.25) is 0 Å². The average molecular weight is 225 g/mol. The van der Waals surface area contributed by atoms with E-state index in [9.17, 15) is 0 Å². The molecule has 1 heterocycles. The standard InChI is InChI=1S/C14H15N3/c15-13-8-16-14(17-9-13)12-6-5-10-3-1-2-4-11(10)7-12/h5-9H,1-4,15H2. The first-order valence-electron chi connectivity index (χ1n) is 6.02. The number of anilines is 1. The van der Waals surface area contributed by atoms with Crippen LogP contribution in [0.3, 0.4) is 0 Å². The first kappa shape index (κ1) is 10.3. The molecule has 0 radical (unpaired) electrons. The first-order chi connectivity index (χ1) is 8.33. The van der Waals surface area contributed by atoms with Gasteiger partial charge in [-0.15, -0.1) is 0 Å². The highest BCUT2D eigenvalue weighted by Crippen LogP contribution is 2.25. The predicted octanol–water partition coefficient (Wildman–Crippen LogP) is 2.60. The van der Waals surface area contributed by atoms with Crippen LogP contribution < -0.4 is 5.73 Å². The van der Waals surface area contributed by atoms with Crippen molar-refractivity contribution >= 4 is 5.69 Å². The second-order valence-electron chi connectivity index (χ2n) is 4.53. The third kappa shape index (κ3) is 2.00. The second-order valence-corrected chi connectivity index (χ2v) is 4.53. The molecule has 1 aliphatic rings. The smallest absolute Gasteiger partial charge is 0.159 e. The van der Waals surface area contributed by atoms with E-state index in [1.807, 2.05) is 0 Å². The minimum Gasteiger partial charge on any atom is -0.396 e. The number of aryl methyl sites for hydroxylation is 2. The number of benzene rings is 1. The molecule has 0 fully saturated rings. The van der Waals surface area contributed by atoms with Crippen LogP contribution in [0.4, 0.5) is 5.69 Å². The molecule has 2 N–H and O–H groups in total. The second kappa shape index (κ2) is 4.17. The minimum absolute atomic E-state index is 0.603. The van der Waals surface area contributed by atoms with E-state index in [-0.39, 0.29) is 0 Å². The number of hydrogen-bond donors (Lipinski definition) is 1. The maximum Gasteiger partial charge on any atom is 0.159 e. The molecule has 0 bridgehead atoms. The molecule has 0 aliphatic heterocycles. The van der Waals surface area contributed by atoms with Crippen molar-refractivity contribution in [3.63, 3.8) is 0 Å². The molecule has 0 unspecified atom stereocenters. The number of rotatable bonds is 1. The highest BCUT2D eigenvalue weighted by atomic mass is 14.9. The van der Waals surface area contributed by atoms with E-state index in [4.69, 9.17) is 5.73 Å². The van der Waals surface area contributed by atoms with Crippen molar-refractivity contribution in [2.24, 2.45) is 0 Å². The molecule has 3 rings (SSSR count). The van der Waals surface area contributed by atoms with E-state index in [1.54, 1.807) is 12.4 Å². The van der Waals surface area contributed by atoms with Crippen molar-refractivity contribution in [1.29, 1.82) is 0 Å². The van der Waals surface area contributed by atoms with Gasteiger partial charge in [-0.3, -0.25) is 0 Å². The van der Waals surface area contributed by atoms with Crippen molar-refractivity contribution in [1.82, 2.24) is 9.97 Å². The molecule has 0 atom stereocenters. The van der Waals surface area contributed by atoms with Gasteiger partial charge in [-0.25, -0.2) is 9.97 Å². The molecule has 1 aromatic heterocycles. The maximum absolute atomic E-state index is 5.59. The van der Waals surface area contributed by atoms with E-state index >= 15 is 0 Å². The van der Waals surface area contributed by atoms with Gasteiger partial charge >= 0.3 is 0 Å². The number of nitrogen functional groups attached to an aromatic ring is 1. The number of fused-ring (bicyclic) bond motifs is 1. The van der Waals surface area contributed by atoms with Gasteiger partial charge in [-0.1, -0.05) is 12.1 Å². The van der Waals surface area contributed by atoms with E-state index in [2.05, 4.69) is 28.2 Å². The van der Waals surface area contributed by atoms with Crippen molar-refractivity contribution in [3.8, 4) is 11.4 Å². The van der Waals surface area contributed by atoms with Crippen LogP contribution in [0.15, 0.2) is 30.6 Å². The molecule has 0 saturated heterocycles.